The molecule has 2 amide bonds. The van der Waals surface area contributed by atoms with Gasteiger partial charge < -0.3 is 9.80 Å². The number of hydrogen-bond donors (Lipinski definition) is 0. The van der Waals surface area contributed by atoms with Gasteiger partial charge in [0.25, 0.3) is 0 Å². The molecule has 5 nitrogen and oxygen atoms in total. The first-order valence-corrected chi connectivity index (χ1v) is 10.2. The lowest BCUT2D eigenvalue weighted by atomic mass is 9.95. The number of likely N-dealkylation sites (tertiary alicyclic amines) is 1. The number of rotatable bonds is 5. The van der Waals surface area contributed by atoms with Gasteiger partial charge >= 0.3 is 0 Å². The number of amides is 2. The van der Waals surface area contributed by atoms with Gasteiger partial charge in [-0.2, -0.15) is 5.26 Å². The molecule has 0 spiro atoms. The van der Waals surface area contributed by atoms with Gasteiger partial charge in [0.15, 0.2) is 0 Å². The molecular formula is C23H24ClN3O2. The predicted molar refractivity (Wildman–Crippen MR) is 113 cm³/mol. The molecule has 2 aromatic carbocycles. The second kappa shape index (κ2) is 9.58. The summed E-state index contributed by atoms with van der Waals surface area (Å²) in [5, 5.41) is 10.0. The third-order valence-corrected chi connectivity index (χ3v) is 5.48. The van der Waals surface area contributed by atoms with Crippen LogP contribution in [0.3, 0.4) is 0 Å². The number of nitriles is 1. The van der Waals surface area contributed by atoms with Crippen LogP contribution in [-0.4, -0.2) is 29.8 Å². The van der Waals surface area contributed by atoms with Crippen LogP contribution in [0.25, 0.3) is 0 Å². The van der Waals surface area contributed by atoms with Crippen molar-refractivity contribution in [3.63, 3.8) is 0 Å². The Morgan fingerprint density at radius 3 is 2.69 bits per heavy atom. The van der Waals surface area contributed by atoms with E-state index < -0.39 is 0 Å². The molecule has 0 radical (unpaired) electrons. The zero-order valence-corrected chi connectivity index (χ0v) is 17.2. The Morgan fingerprint density at radius 2 is 2.00 bits per heavy atom. The summed E-state index contributed by atoms with van der Waals surface area (Å²) in [5.74, 6) is -0.313. The molecule has 0 saturated carbocycles. The van der Waals surface area contributed by atoms with Gasteiger partial charge in [-0.1, -0.05) is 48.9 Å². The monoisotopic (exact) mass is 409 g/mol. The fourth-order valence-corrected chi connectivity index (χ4v) is 3.89. The van der Waals surface area contributed by atoms with Crippen LogP contribution in [0.1, 0.15) is 37.3 Å². The molecule has 0 bridgehead atoms. The number of hydrogen-bond acceptors (Lipinski definition) is 3. The predicted octanol–water partition coefficient (Wildman–Crippen LogP) is 4.39. The zero-order valence-electron chi connectivity index (χ0n) is 16.5. The molecule has 1 saturated heterocycles. The van der Waals surface area contributed by atoms with E-state index in [-0.39, 0.29) is 17.7 Å². The van der Waals surface area contributed by atoms with Gasteiger partial charge in [0.05, 0.1) is 23.7 Å². The van der Waals surface area contributed by atoms with Crippen LogP contribution in [0.2, 0.25) is 5.02 Å². The fraction of sp³-hybridized carbons (Fsp3) is 0.348. The highest BCUT2D eigenvalue weighted by Gasteiger charge is 2.32. The highest BCUT2D eigenvalue weighted by Crippen LogP contribution is 2.29. The summed E-state index contributed by atoms with van der Waals surface area (Å²) >= 11 is 6.19. The Morgan fingerprint density at radius 1 is 1.24 bits per heavy atom. The number of carbonyl (C=O) groups excluding carboxylic acids is 2. The topological polar surface area (TPSA) is 64.4 Å². The first-order valence-electron chi connectivity index (χ1n) is 9.86. The standard InChI is InChI=1S/C23H24ClN3O2/c1-2-22(28)26-12-6-9-19(16-26)23(29)27(15-17-7-4-3-5-8-17)21-13-20(24)11-10-18(21)14-25/h3-5,7-8,10-11,13,19H,2,6,9,12,15-16H2,1H3. The van der Waals surface area contributed by atoms with Crippen molar-refractivity contribution in [3.05, 3.63) is 64.7 Å². The van der Waals surface area contributed by atoms with Gasteiger partial charge in [-0.3, -0.25) is 9.59 Å². The van der Waals surface area contributed by atoms with Crippen molar-refractivity contribution in [1.82, 2.24) is 4.90 Å². The van der Waals surface area contributed by atoms with Gasteiger partial charge in [0, 0.05) is 24.5 Å². The minimum Gasteiger partial charge on any atom is -0.342 e. The van der Waals surface area contributed by atoms with Crippen LogP contribution >= 0.6 is 11.6 Å². The third-order valence-electron chi connectivity index (χ3n) is 5.25. The van der Waals surface area contributed by atoms with E-state index in [1.807, 2.05) is 37.3 Å². The highest BCUT2D eigenvalue weighted by molar-refractivity contribution is 6.31. The second-order valence-corrected chi connectivity index (χ2v) is 7.65. The Labute approximate surface area is 176 Å². The molecule has 150 valence electrons. The summed E-state index contributed by atoms with van der Waals surface area (Å²) in [7, 11) is 0. The average Bonchev–Trinajstić information content (AvgIpc) is 2.77. The van der Waals surface area contributed by atoms with Gasteiger partial charge in [-0.25, -0.2) is 0 Å². The summed E-state index contributed by atoms with van der Waals surface area (Å²) in [4.78, 5) is 29.1. The molecule has 1 heterocycles. The van der Waals surface area contributed by atoms with E-state index in [4.69, 9.17) is 11.6 Å². The number of benzene rings is 2. The average molecular weight is 410 g/mol. The van der Waals surface area contributed by atoms with E-state index in [1.165, 1.54) is 0 Å². The maximum absolute atomic E-state index is 13.6. The normalized spacial score (nSPS) is 16.2. The van der Waals surface area contributed by atoms with Crippen molar-refractivity contribution >= 4 is 29.1 Å². The van der Waals surface area contributed by atoms with Gasteiger partial charge in [0.1, 0.15) is 6.07 Å². The van der Waals surface area contributed by atoms with Crippen LogP contribution in [0.5, 0.6) is 0 Å². The molecule has 0 N–H and O–H groups in total. The van der Waals surface area contributed by atoms with Crippen LogP contribution in [0, 0.1) is 17.2 Å². The quantitative estimate of drug-likeness (QED) is 0.735. The molecule has 29 heavy (non-hydrogen) atoms. The van der Waals surface area contributed by atoms with Crippen LogP contribution in [0.4, 0.5) is 5.69 Å². The minimum atomic E-state index is -0.298. The molecule has 6 heteroatoms. The van der Waals surface area contributed by atoms with Gasteiger partial charge in [-0.05, 0) is 36.6 Å². The highest BCUT2D eigenvalue weighted by atomic mass is 35.5. The van der Waals surface area contributed by atoms with Gasteiger partial charge in [-0.15, -0.1) is 0 Å². The maximum atomic E-state index is 13.6. The van der Waals surface area contributed by atoms with E-state index in [0.29, 0.717) is 42.3 Å². The van der Waals surface area contributed by atoms with Gasteiger partial charge in [0.2, 0.25) is 11.8 Å². The summed E-state index contributed by atoms with van der Waals surface area (Å²) < 4.78 is 0. The lowest BCUT2D eigenvalue weighted by Gasteiger charge is -2.35. The first-order chi connectivity index (χ1) is 14.0. The van der Waals surface area contributed by atoms with E-state index in [2.05, 4.69) is 6.07 Å². The minimum absolute atomic E-state index is 0.0672. The summed E-state index contributed by atoms with van der Waals surface area (Å²) in [6.07, 6.45) is 1.95. The van der Waals surface area contributed by atoms with Crippen molar-refractivity contribution < 1.29 is 9.59 Å². The van der Waals surface area contributed by atoms with Crippen LogP contribution in [0.15, 0.2) is 48.5 Å². The van der Waals surface area contributed by atoms with Crippen LogP contribution < -0.4 is 4.90 Å². The van der Waals surface area contributed by atoms with Crippen molar-refractivity contribution in [2.75, 3.05) is 18.0 Å². The summed E-state index contributed by atoms with van der Waals surface area (Å²) in [6.45, 7) is 3.28. The maximum Gasteiger partial charge on any atom is 0.232 e. The van der Waals surface area contributed by atoms with Crippen molar-refractivity contribution in [3.8, 4) is 6.07 Å². The van der Waals surface area contributed by atoms with Crippen molar-refractivity contribution in [1.29, 1.82) is 5.26 Å². The first kappa shape index (κ1) is 20.9. The lowest BCUT2D eigenvalue weighted by molar-refractivity contribution is -0.134. The summed E-state index contributed by atoms with van der Waals surface area (Å²) in [5.41, 5.74) is 1.87. The number of nitrogens with zero attached hydrogens (tertiary/aromatic N) is 3. The smallest absolute Gasteiger partial charge is 0.232 e. The SMILES string of the molecule is CCC(=O)N1CCCC(C(=O)N(Cc2ccccc2)c2cc(Cl)ccc2C#N)C1. The molecule has 0 aromatic heterocycles. The molecule has 1 atom stereocenters. The fourth-order valence-electron chi connectivity index (χ4n) is 3.72. The number of carbonyl (C=O) groups is 2. The zero-order chi connectivity index (χ0) is 20.8. The van der Waals surface area contributed by atoms with E-state index >= 15 is 0 Å². The Kier molecular flexibility index (Phi) is 6.90. The molecule has 1 fully saturated rings. The molecule has 2 aromatic rings. The molecular weight excluding hydrogens is 386 g/mol. The summed E-state index contributed by atoms with van der Waals surface area (Å²) in [6, 6.07) is 16.8. The van der Waals surface area contributed by atoms with E-state index in [0.717, 1.165) is 18.4 Å². The molecule has 3 rings (SSSR count). The molecule has 1 unspecified atom stereocenters. The van der Waals surface area contributed by atoms with E-state index in [9.17, 15) is 14.9 Å². The Balaban J connectivity index is 1.95. The number of halogens is 1. The Bertz CT molecular complexity index is 923. The largest absolute Gasteiger partial charge is 0.342 e. The lowest BCUT2D eigenvalue weighted by Crippen LogP contribution is -2.46. The number of piperidine rings is 1. The van der Waals surface area contributed by atoms with Crippen molar-refractivity contribution in [2.45, 2.75) is 32.7 Å². The third kappa shape index (κ3) is 4.96. The second-order valence-electron chi connectivity index (χ2n) is 7.22. The Hall–Kier alpha value is -2.84. The number of anilines is 1. The van der Waals surface area contributed by atoms with E-state index in [1.54, 1.807) is 28.0 Å². The molecule has 1 aliphatic rings. The molecule has 0 aliphatic carbocycles. The van der Waals surface area contributed by atoms with Crippen LogP contribution in [-0.2, 0) is 16.1 Å². The van der Waals surface area contributed by atoms with Crippen molar-refractivity contribution in [2.24, 2.45) is 5.92 Å². The molecule has 1 aliphatic heterocycles.